The van der Waals surface area contributed by atoms with E-state index in [4.69, 9.17) is 14.9 Å². The fourth-order valence-electron chi connectivity index (χ4n) is 2.69. The molecule has 0 atom stereocenters. The van der Waals surface area contributed by atoms with Crippen molar-refractivity contribution in [2.45, 2.75) is 6.18 Å². The molecule has 152 valence electrons. The van der Waals surface area contributed by atoms with Gasteiger partial charge in [0.1, 0.15) is 0 Å². The highest BCUT2D eigenvalue weighted by molar-refractivity contribution is 6.15. The molecule has 2 N–H and O–H groups in total. The zero-order chi connectivity index (χ0) is 21.6. The Balaban J connectivity index is 0.000000318. The quantitative estimate of drug-likeness (QED) is 0.552. The summed E-state index contributed by atoms with van der Waals surface area (Å²) in [5.74, 6) is -2.76. The van der Waals surface area contributed by atoms with E-state index in [1.54, 1.807) is 0 Å². The number of carboxylic acid groups (broad SMARTS) is 1. The monoisotopic (exact) mass is 410 g/mol. The molecule has 0 aromatic heterocycles. The molecule has 0 aliphatic carbocycles. The first-order valence-electron chi connectivity index (χ1n) is 8.92. The molecular formula is C23H17F3N2O2. The lowest BCUT2D eigenvalue weighted by Gasteiger charge is -2.10. The highest BCUT2D eigenvalue weighted by Gasteiger charge is 2.38. The van der Waals surface area contributed by atoms with E-state index in [1.807, 2.05) is 54.6 Å². The zero-order valence-corrected chi connectivity index (χ0v) is 15.6. The van der Waals surface area contributed by atoms with Gasteiger partial charge in [-0.1, -0.05) is 72.8 Å². The summed E-state index contributed by atoms with van der Waals surface area (Å²) in [7, 11) is 0. The molecule has 1 aliphatic rings. The Kier molecular flexibility index (Phi) is 6.32. The number of benzene rings is 3. The Bertz CT molecular complexity index is 1080. The van der Waals surface area contributed by atoms with Gasteiger partial charge in [-0.3, -0.25) is 0 Å². The van der Waals surface area contributed by atoms with Crippen molar-refractivity contribution in [1.29, 1.82) is 0 Å². The van der Waals surface area contributed by atoms with Crippen LogP contribution in [0.2, 0.25) is 0 Å². The molecule has 0 radical (unpaired) electrons. The van der Waals surface area contributed by atoms with Crippen LogP contribution in [0, 0.1) is 0 Å². The van der Waals surface area contributed by atoms with Crippen LogP contribution in [0.25, 0.3) is 5.70 Å². The fraction of sp³-hybridized carbons (Fsp3) is 0.0435. The van der Waals surface area contributed by atoms with E-state index in [2.05, 4.69) is 41.7 Å². The van der Waals surface area contributed by atoms with Crippen molar-refractivity contribution in [2.75, 3.05) is 5.32 Å². The molecule has 3 aromatic rings. The van der Waals surface area contributed by atoms with Crippen molar-refractivity contribution >= 4 is 28.8 Å². The zero-order valence-electron chi connectivity index (χ0n) is 15.6. The van der Waals surface area contributed by atoms with Crippen LogP contribution < -0.4 is 5.32 Å². The van der Waals surface area contributed by atoms with Gasteiger partial charge in [0.05, 0.1) is 17.1 Å². The minimum absolute atomic E-state index is 0.952. The van der Waals surface area contributed by atoms with E-state index in [0.717, 1.165) is 33.9 Å². The first-order valence-corrected chi connectivity index (χ1v) is 8.92. The number of nitrogens with zero attached hydrogens (tertiary/aromatic N) is 1. The number of hydrogen-bond donors (Lipinski definition) is 2. The number of fused-ring (bicyclic) bond motifs is 1. The average Bonchev–Trinajstić information content (AvgIpc) is 2.95. The SMILES string of the molecule is C1=C(c2ccccc2)Nc2ccccc2N=C1c1ccccc1.O=C(O)C(F)(F)F. The number of allylic oxidation sites excluding steroid dienone is 1. The van der Waals surface area contributed by atoms with Crippen LogP contribution in [0.4, 0.5) is 24.5 Å². The van der Waals surface area contributed by atoms with Crippen molar-refractivity contribution in [3.8, 4) is 0 Å². The van der Waals surface area contributed by atoms with Crippen LogP contribution in [0.15, 0.2) is 96.0 Å². The maximum Gasteiger partial charge on any atom is 0.490 e. The Labute approximate surface area is 171 Å². The maximum absolute atomic E-state index is 10.6. The van der Waals surface area contributed by atoms with Gasteiger partial charge in [-0.05, 0) is 23.8 Å². The van der Waals surface area contributed by atoms with Crippen molar-refractivity contribution in [2.24, 2.45) is 4.99 Å². The molecule has 4 nitrogen and oxygen atoms in total. The first-order chi connectivity index (χ1) is 14.3. The number of carboxylic acids is 1. The van der Waals surface area contributed by atoms with Gasteiger partial charge >= 0.3 is 12.1 Å². The number of carbonyl (C=O) groups is 1. The number of alkyl halides is 3. The molecule has 0 saturated heterocycles. The van der Waals surface area contributed by atoms with Gasteiger partial charge in [0.2, 0.25) is 0 Å². The summed E-state index contributed by atoms with van der Waals surface area (Å²) >= 11 is 0. The van der Waals surface area contributed by atoms with Gasteiger partial charge < -0.3 is 10.4 Å². The summed E-state index contributed by atoms with van der Waals surface area (Å²) in [5, 5.41) is 10.6. The molecule has 0 fully saturated rings. The van der Waals surface area contributed by atoms with Gasteiger partial charge in [-0.2, -0.15) is 13.2 Å². The number of halogens is 3. The van der Waals surface area contributed by atoms with Crippen LogP contribution >= 0.6 is 0 Å². The van der Waals surface area contributed by atoms with Gasteiger partial charge in [-0.25, -0.2) is 9.79 Å². The fourth-order valence-corrected chi connectivity index (χ4v) is 2.69. The number of anilines is 1. The van der Waals surface area contributed by atoms with E-state index in [1.165, 1.54) is 0 Å². The Morgan fingerprint density at radius 3 is 1.87 bits per heavy atom. The van der Waals surface area contributed by atoms with Gasteiger partial charge in [0, 0.05) is 11.3 Å². The molecule has 1 heterocycles. The molecule has 30 heavy (non-hydrogen) atoms. The number of para-hydroxylation sites is 2. The third kappa shape index (κ3) is 5.35. The molecule has 3 aromatic carbocycles. The summed E-state index contributed by atoms with van der Waals surface area (Å²) in [6, 6.07) is 28.8. The molecular weight excluding hydrogens is 393 g/mol. The van der Waals surface area contributed by atoms with Gasteiger partial charge in [0.15, 0.2) is 0 Å². The summed E-state index contributed by atoms with van der Waals surface area (Å²) in [4.78, 5) is 13.8. The first kappa shape index (κ1) is 20.9. The lowest BCUT2D eigenvalue weighted by Crippen LogP contribution is -2.21. The third-order valence-electron chi connectivity index (χ3n) is 4.09. The van der Waals surface area contributed by atoms with Crippen LogP contribution in [0.1, 0.15) is 11.1 Å². The van der Waals surface area contributed by atoms with E-state index in [0.29, 0.717) is 0 Å². The summed E-state index contributed by atoms with van der Waals surface area (Å²) < 4.78 is 31.7. The van der Waals surface area contributed by atoms with Crippen molar-refractivity contribution in [3.05, 3.63) is 102 Å². The molecule has 0 unspecified atom stereocenters. The highest BCUT2D eigenvalue weighted by Crippen LogP contribution is 2.32. The maximum atomic E-state index is 10.6. The minimum atomic E-state index is -5.08. The Morgan fingerprint density at radius 2 is 1.30 bits per heavy atom. The van der Waals surface area contributed by atoms with Crippen molar-refractivity contribution in [1.82, 2.24) is 0 Å². The lowest BCUT2D eigenvalue weighted by molar-refractivity contribution is -0.192. The van der Waals surface area contributed by atoms with Crippen LogP contribution in [0.3, 0.4) is 0 Å². The van der Waals surface area contributed by atoms with E-state index in [9.17, 15) is 13.2 Å². The van der Waals surface area contributed by atoms with Crippen molar-refractivity contribution < 1.29 is 23.1 Å². The van der Waals surface area contributed by atoms with Gasteiger partial charge in [0.25, 0.3) is 0 Å². The molecule has 0 spiro atoms. The second-order valence-corrected chi connectivity index (χ2v) is 6.23. The summed E-state index contributed by atoms with van der Waals surface area (Å²) in [6.07, 6.45) is -2.97. The minimum Gasteiger partial charge on any atom is -0.475 e. The topological polar surface area (TPSA) is 61.7 Å². The second-order valence-electron chi connectivity index (χ2n) is 6.23. The van der Waals surface area contributed by atoms with E-state index >= 15 is 0 Å². The molecule has 0 saturated carbocycles. The molecule has 4 rings (SSSR count). The highest BCUT2D eigenvalue weighted by atomic mass is 19.4. The number of hydrogen-bond acceptors (Lipinski definition) is 3. The predicted molar refractivity (Wildman–Crippen MR) is 111 cm³/mol. The van der Waals surface area contributed by atoms with E-state index in [-0.39, 0.29) is 0 Å². The number of nitrogens with one attached hydrogen (secondary N) is 1. The lowest BCUT2D eigenvalue weighted by atomic mass is 10.1. The van der Waals surface area contributed by atoms with Crippen molar-refractivity contribution in [3.63, 3.8) is 0 Å². The predicted octanol–water partition coefficient (Wildman–Crippen LogP) is 5.91. The third-order valence-corrected chi connectivity index (χ3v) is 4.09. The number of aliphatic carboxylic acids is 1. The standard InChI is InChI=1S/C21H16N2.C2HF3O2/c1-3-9-16(10-4-1)20-15-21(17-11-5-2-6-12-17)23-19-14-8-7-13-18(19)22-20;3-2(4,5)1(6)7/h1-15,22H;(H,6,7). The molecule has 7 heteroatoms. The summed E-state index contributed by atoms with van der Waals surface area (Å²) in [6.45, 7) is 0. The van der Waals surface area contributed by atoms with Crippen LogP contribution in [-0.4, -0.2) is 23.0 Å². The van der Waals surface area contributed by atoms with Gasteiger partial charge in [-0.15, -0.1) is 0 Å². The van der Waals surface area contributed by atoms with Crippen LogP contribution in [0.5, 0.6) is 0 Å². The second kappa shape index (κ2) is 9.09. The number of aliphatic imine (C=N–C) groups is 1. The molecule has 0 bridgehead atoms. The Morgan fingerprint density at radius 1 is 0.800 bits per heavy atom. The Hall–Kier alpha value is -3.87. The normalized spacial score (nSPS) is 12.8. The molecule has 0 amide bonds. The number of rotatable bonds is 2. The summed E-state index contributed by atoms with van der Waals surface area (Å²) in [5.41, 5.74) is 6.24. The van der Waals surface area contributed by atoms with E-state index < -0.39 is 12.1 Å². The van der Waals surface area contributed by atoms with Crippen LogP contribution in [-0.2, 0) is 4.79 Å². The largest absolute Gasteiger partial charge is 0.490 e. The smallest absolute Gasteiger partial charge is 0.475 e. The average molecular weight is 410 g/mol. The molecule has 1 aliphatic heterocycles.